The van der Waals surface area contributed by atoms with Gasteiger partial charge in [-0.3, -0.25) is 9.59 Å². The van der Waals surface area contributed by atoms with Crippen molar-refractivity contribution < 1.29 is 18.7 Å². The molecule has 2 N–H and O–H groups in total. The van der Waals surface area contributed by atoms with Gasteiger partial charge >= 0.3 is 0 Å². The first kappa shape index (κ1) is 24.0. The van der Waals surface area contributed by atoms with Gasteiger partial charge in [0.05, 0.1) is 24.6 Å². The van der Waals surface area contributed by atoms with Crippen molar-refractivity contribution in [3.8, 4) is 5.75 Å². The Kier molecular flexibility index (Phi) is 8.20. The molecule has 0 unspecified atom stereocenters. The van der Waals surface area contributed by atoms with E-state index in [1.807, 2.05) is 0 Å². The standard InChI is InChI=1S/C23H24FN5O3S/c1-4-13-29-21(15(2)25-22(31)16-9-11-17(32-3)12-10-16)27-28-23(29)33-14-20(30)26-19-8-6-5-7-18(19)24/h4-12,15H,1,13-14H2,2-3H3,(H,25,31)(H,26,30)/t15-/m0/s1. The minimum absolute atomic E-state index is 0.0101. The van der Waals surface area contributed by atoms with Gasteiger partial charge < -0.3 is 19.9 Å². The van der Waals surface area contributed by atoms with Gasteiger partial charge in [-0.05, 0) is 43.3 Å². The van der Waals surface area contributed by atoms with Gasteiger partial charge in [0, 0.05) is 12.1 Å². The summed E-state index contributed by atoms with van der Waals surface area (Å²) < 4.78 is 20.6. The average Bonchev–Trinajstić information content (AvgIpc) is 3.22. The molecule has 172 valence electrons. The summed E-state index contributed by atoms with van der Waals surface area (Å²) in [5, 5.41) is 14.3. The maximum atomic E-state index is 13.7. The molecule has 2 amide bonds. The first-order chi connectivity index (χ1) is 15.9. The molecule has 10 heteroatoms. The van der Waals surface area contributed by atoms with E-state index >= 15 is 0 Å². The van der Waals surface area contributed by atoms with Crippen LogP contribution in [0.2, 0.25) is 0 Å². The maximum Gasteiger partial charge on any atom is 0.251 e. The number of hydrogen-bond acceptors (Lipinski definition) is 6. The van der Waals surface area contributed by atoms with Crippen LogP contribution in [0.5, 0.6) is 5.75 Å². The molecule has 0 aliphatic rings. The third kappa shape index (κ3) is 6.19. The fraction of sp³-hybridized carbons (Fsp3) is 0.217. The van der Waals surface area contributed by atoms with E-state index in [0.29, 0.717) is 28.8 Å². The van der Waals surface area contributed by atoms with Crippen LogP contribution in [-0.2, 0) is 11.3 Å². The predicted molar refractivity (Wildman–Crippen MR) is 125 cm³/mol. The zero-order valence-corrected chi connectivity index (χ0v) is 19.1. The van der Waals surface area contributed by atoms with Crippen LogP contribution in [0, 0.1) is 5.82 Å². The summed E-state index contributed by atoms with van der Waals surface area (Å²) in [6.45, 7) is 5.94. The Labute approximate surface area is 195 Å². The van der Waals surface area contributed by atoms with Gasteiger partial charge in [0.2, 0.25) is 5.91 Å². The second kappa shape index (κ2) is 11.3. The summed E-state index contributed by atoms with van der Waals surface area (Å²) in [4.78, 5) is 24.9. The number of benzene rings is 2. The van der Waals surface area contributed by atoms with Crippen LogP contribution in [0.3, 0.4) is 0 Å². The minimum atomic E-state index is -0.505. The van der Waals surface area contributed by atoms with Crippen molar-refractivity contribution in [1.29, 1.82) is 0 Å². The van der Waals surface area contributed by atoms with E-state index in [9.17, 15) is 14.0 Å². The monoisotopic (exact) mass is 469 g/mol. The highest BCUT2D eigenvalue weighted by molar-refractivity contribution is 7.99. The summed E-state index contributed by atoms with van der Waals surface area (Å²) in [6, 6.07) is 12.3. The molecule has 0 bridgehead atoms. The van der Waals surface area contributed by atoms with Gasteiger partial charge in [-0.25, -0.2) is 4.39 Å². The number of methoxy groups -OCH3 is 1. The van der Waals surface area contributed by atoms with Crippen molar-refractivity contribution in [3.05, 3.63) is 78.4 Å². The highest BCUT2D eigenvalue weighted by Crippen LogP contribution is 2.22. The summed E-state index contributed by atoms with van der Waals surface area (Å²) in [7, 11) is 1.56. The normalized spacial score (nSPS) is 11.5. The molecule has 0 aliphatic heterocycles. The summed E-state index contributed by atoms with van der Waals surface area (Å²) in [5.74, 6) is 0.0440. The number of rotatable bonds is 10. The maximum absolute atomic E-state index is 13.7. The van der Waals surface area contributed by atoms with E-state index < -0.39 is 11.9 Å². The lowest BCUT2D eigenvalue weighted by Gasteiger charge is -2.15. The molecule has 0 saturated heterocycles. The van der Waals surface area contributed by atoms with Gasteiger partial charge in [0.25, 0.3) is 5.91 Å². The number of nitrogens with zero attached hydrogens (tertiary/aromatic N) is 3. The Morgan fingerprint density at radius 3 is 2.61 bits per heavy atom. The first-order valence-electron chi connectivity index (χ1n) is 10.1. The van der Waals surface area contributed by atoms with Crippen LogP contribution >= 0.6 is 11.8 Å². The van der Waals surface area contributed by atoms with Crippen molar-refractivity contribution in [2.24, 2.45) is 0 Å². The Balaban J connectivity index is 1.66. The van der Waals surface area contributed by atoms with Crippen molar-refractivity contribution in [1.82, 2.24) is 20.1 Å². The molecule has 33 heavy (non-hydrogen) atoms. The number of anilines is 1. The number of halogens is 1. The second-order valence-corrected chi connectivity index (χ2v) is 7.92. The number of ether oxygens (including phenoxy) is 1. The number of nitrogens with one attached hydrogen (secondary N) is 2. The average molecular weight is 470 g/mol. The Bertz CT molecular complexity index is 1130. The third-order valence-corrected chi connectivity index (χ3v) is 5.59. The smallest absolute Gasteiger partial charge is 0.251 e. The lowest BCUT2D eigenvalue weighted by molar-refractivity contribution is -0.113. The number of carbonyl (C=O) groups excluding carboxylic acids is 2. The van der Waals surface area contributed by atoms with E-state index in [2.05, 4.69) is 27.4 Å². The van der Waals surface area contributed by atoms with Gasteiger partial charge in [-0.1, -0.05) is 30.0 Å². The minimum Gasteiger partial charge on any atom is -0.497 e. The molecular weight excluding hydrogens is 445 g/mol. The van der Waals surface area contributed by atoms with Crippen molar-refractivity contribution >= 4 is 29.3 Å². The van der Waals surface area contributed by atoms with Crippen LogP contribution in [-0.4, -0.2) is 39.4 Å². The number of carbonyl (C=O) groups is 2. The van der Waals surface area contributed by atoms with Gasteiger partial charge in [0.15, 0.2) is 11.0 Å². The molecule has 8 nitrogen and oxygen atoms in total. The number of aromatic nitrogens is 3. The molecule has 0 saturated carbocycles. The van der Waals surface area contributed by atoms with Crippen LogP contribution in [0.4, 0.5) is 10.1 Å². The Morgan fingerprint density at radius 2 is 1.94 bits per heavy atom. The molecular formula is C23H24FN5O3S. The molecule has 2 aromatic carbocycles. The van der Waals surface area contributed by atoms with Crippen molar-refractivity contribution in [3.63, 3.8) is 0 Å². The topological polar surface area (TPSA) is 98.1 Å². The number of amides is 2. The molecule has 3 rings (SSSR count). The van der Waals surface area contributed by atoms with E-state index in [1.165, 1.54) is 12.1 Å². The first-order valence-corrected chi connectivity index (χ1v) is 11.1. The number of allylic oxidation sites excluding steroid dienone is 1. The highest BCUT2D eigenvalue weighted by Gasteiger charge is 2.20. The molecule has 1 heterocycles. The van der Waals surface area contributed by atoms with Gasteiger partial charge in [0.1, 0.15) is 11.6 Å². The largest absolute Gasteiger partial charge is 0.497 e. The molecule has 0 fully saturated rings. The highest BCUT2D eigenvalue weighted by atomic mass is 32.2. The molecule has 0 aliphatic carbocycles. The predicted octanol–water partition coefficient (Wildman–Crippen LogP) is 3.83. The lowest BCUT2D eigenvalue weighted by atomic mass is 10.2. The van der Waals surface area contributed by atoms with Gasteiger partial charge in [-0.15, -0.1) is 16.8 Å². The van der Waals surface area contributed by atoms with Crippen LogP contribution in [0.25, 0.3) is 0 Å². The van der Waals surface area contributed by atoms with E-state index in [-0.39, 0.29) is 23.3 Å². The number of hydrogen-bond donors (Lipinski definition) is 2. The van der Waals surface area contributed by atoms with Crippen molar-refractivity contribution in [2.75, 3.05) is 18.2 Å². The van der Waals surface area contributed by atoms with Crippen LogP contribution in [0.1, 0.15) is 29.1 Å². The molecule has 3 aromatic rings. The summed E-state index contributed by atoms with van der Waals surface area (Å²) >= 11 is 1.16. The molecule has 0 radical (unpaired) electrons. The Morgan fingerprint density at radius 1 is 1.21 bits per heavy atom. The zero-order chi connectivity index (χ0) is 23.8. The second-order valence-electron chi connectivity index (χ2n) is 6.98. The molecule has 0 spiro atoms. The van der Waals surface area contributed by atoms with Gasteiger partial charge in [-0.2, -0.15) is 0 Å². The lowest BCUT2D eigenvalue weighted by Crippen LogP contribution is -2.28. The number of para-hydroxylation sites is 1. The molecule has 1 atom stereocenters. The van der Waals surface area contributed by atoms with E-state index in [1.54, 1.807) is 61.1 Å². The van der Waals surface area contributed by atoms with Crippen LogP contribution < -0.4 is 15.4 Å². The summed E-state index contributed by atoms with van der Waals surface area (Å²) in [6.07, 6.45) is 1.67. The fourth-order valence-corrected chi connectivity index (χ4v) is 3.75. The quantitative estimate of drug-likeness (QED) is 0.346. The van der Waals surface area contributed by atoms with E-state index in [0.717, 1.165) is 11.8 Å². The number of thioether (sulfide) groups is 1. The van der Waals surface area contributed by atoms with E-state index in [4.69, 9.17) is 4.74 Å². The van der Waals surface area contributed by atoms with Crippen LogP contribution in [0.15, 0.2) is 66.3 Å². The van der Waals surface area contributed by atoms with Crippen molar-refractivity contribution in [2.45, 2.75) is 24.7 Å². The molecule has 1 aromatic heterocycles. The fourth-order valence-electron chi connectivity index (χ4n) is 2.99. The zero-order valence-electron chi connectivity index (χ0n) is 18.2. The third-order valence-electron chi connectivity index (χ3n) is 4.62. The SMILES string of the molecule is C=CCn1c(SCC(=O)Nc2ccccc2F)nnc1[C@H](C)NC(=O)c1ccc(OC)cc1. The Hall–Kier alpha value is -3.66. The summed E-state index contributed by atoms with van der Waals surface area (Å²) in [5.41, 5.74) is 0.600.